The molecule has 0 saturated carbocycles. The number of carbonyl (C=O) groups excluding carboxylic acids is 1. The first-order valence-corrected chi connectivity index (χ1v) is 4.82. The lowest BCUT2D eigenvalue weighted by molar-refractivity contribution is 0.0952. The molecule has 80 valence electrons. The third kappa shape index (κ3) is 2.64. The van der Waals surface area contributed by atoms with Gasteiger partial charge in [0.2, 0.25) is 0 Å². The van der Waals surface area contributed by atoms with Gasteiger partial charge in [0.1, 0.15) is 5.69 Å². The highest BCUT2D eigenvalue weighted by molar-refractivity contribution is 5.98. The van der Waals surface area contributed by atoms with Crippen LogP contribution in [0.15, 0.2) is 6.20 Å². The zero-order valence-electron chi connectivity index (χ0n) is 8.68. The van der Waals surface area contributed by atoms with E-state index in [1.165, 1.54) is 6.20 Å². The van der Waals surface area contributed by atoms with Crippen molar-refractivity contribution in [2.45, 2.75) is 32.4 Å². The summed E-state index contributed by atoms with van der Waals surface area (Å²) in [7, 11) is 0. The molecule has 0 spiro atoms. The van der Waals surface area contributed by atoms with Crippen LogP contribution in [-0.2, 0) is 6.54 Å². The maximum Gasteiger partial charge on any atom is 0.200 e. The Kier molecular flexibility index (Phi) is 4.01. The van der Waals surface area contributed by atoms with E-state index in [9.17, 15) is 4.79 Å². The van der Waals surface area contributed by atoms with Gasteiger partial charge in [-0.05, 0) is 6.42 Å². The highest BCUT2D eigenvalue weighted by atomic mass is 16.1. The molecule has 0 aliphatic heterocycles. The fourth-order valence-electron chi connectivity index (χ4n) is 1.24. The number of ketones is 1. The third-order valence-corrected chi connectivity index (χ3v) is 1.98. The van der Waals surface area contributed by atoms with Crippen molar-refractivity contribution in [1.29, 1.82) is 0 Å². The summed E-state index contributed by atoms with van der Waals surface area (Å²) in [5, 5.41) is 7.50. The predicted molar refractivity (Wildman–Crippen MR) is 56.1 cm³/mol. The summed E-state index contributed by atoms with van der Waals surface area (Å²) in [5.74, 6) is 2.16. The van der Waals surface area contributed by atoms with Crippen LogP contribution < -0.4 is 5.73 Å². The molecule has 1 atom stereocenters. The molecular weight excluding hydrogens is 192 g/mol. The third-order valence-electron chi connectivity index (χ3n) is 1.98. The number of hydrogen-bond donors (Lipinski definition) is 1. The van der Waals surface area contributed by atoms with E-state index >= 15 is 0 Å². The molecule has 0 bridgehead atoms. The molecule has 1 aromatic rings. The SMILES string of the molecule is C#CCC(N)C(=O)c1cnnn1CCC. The standard InChI is InChI=1S/C10H14N4O/c1-3-5-8(11)10(15)9-7-12-13-14(9)6-4-2/h1,7-8H,4-6,11H2,2H3. The second kappa shape index (κ2) is 5.27. The van der Waals surface area contributed by atoms with Crippen LogP contribution in [-0.4, -0.2) is 26.8 Å². The Balaban J connectivity index is 2.82. The lowest BCUT2D eigenvalue weighted by Gasteiger charge is -2.07. The topological polar surface area (TPSA) is 73.8 Å². The van der Waals surface area contributed by atoms with Gasteiger partial charge in [-0.15, -0.1) is 17.4 Å². The van der Waals surface area contributed by atoms with Gasteiger partial charge in [0.15, 0.2) is 5.78 Å². The minimum atomic E-state index is -0.663. The largest absolute Gasteiger partial charge is 0.320 e. The van der Waals surface area contributed by atoms with Gasteiger partial charge in [0.25, 0.3) is 0 Å². The Morgan fingerprint density at radius 3 is 3.13 bits per heavy atom. The second-order valence-electron chi connectivity index (χ2n) is 3.22. The second-order valence-corrected chi connectivity index (χ2v) is 3.22. The molecule has 15 heavy (non-hydrogen) atoms. The maximum atomic E-state index is 11.8. The molecule has 5 heteroatoms. The van der Waals surface area contributed by atoms with Crippen LogP contribution in [0.4, 0.5) is 0 Å². The minimum Gasteiger partial charge on any atom is -0.320 e. The van der Waals surface area contributed by atoms with Crippen molar-refractivity contribution < 1.29 is 4.79 Å². The first kappa shape index (κ1) is 11.4. The molecule has 0 aliphatic carbocycles. The van der Waals surface area contributed by atoms with Crippen molar-refractivity contribution in [3.8, 4) is 12.3 Å². The zero-order chi connectivity index (χ0) is 11.3. The van der Waals surface area contributed by atoms with Crippen molar-refractivity contribution in [3.63, 3.8) is 0 Å². The van der Waals surface area contributed by atoms with E-state index < -0.39 is 6.04 Å². The quantitative estimate of drug-likeness (QED) is 0.552. The van der Waals surface area contributed by atoms with Crippen LogP contribution in [0.25, 0.3) is 0 Å². The van der Waals surface area contributed by atoms with Gasteiger partial charge in [-0.25, -0.2) is 4.68 Å². The molecule has 0 fully saturated rings. The minimum absolute atomic E-state index is 0.202. The van der Waals surface area contributed by atoms with Gasteiger partial charge in [-0.3, -0.25) is 4.79 Å². The summed E-state index contributed by atoms with van der Waals surface area (Å²) >= 11 is 0. The van der Waals surface area contributed by atoms with Gasteiger partial charge in [-0.1, -0.05) is 12.1 Å². The number of terminal acetylenes is 1. The number of rotatable bonds is 5. The molecule has 0 saturated heterocycles. The summed E-state index contributed by atoms with van der Waals surface area (Å²) < 4.78 is 1.55. The number of carbonyl (C=O) groups is 1. The zero-order valence-corrected chi connectivity index (χ0v) is 8.68. The van der Waals surface area contributed by atoms with Crippen molar-refractivity contribution >= 4 is 5.78 Å². The molecule has 1 aromatic heterocycles. The normalized spacial score (nSPS) is 12.1. The Bertz CT molecular complexity index is 377. The fraction of sp³-hybridized carbons (Fsp3) is 0.500. The molecule has 0 aliphatic rings. The van der Waals surface area contributed by atoms with Gasteiger partial charge in [0, 0.05) is 13.0 Å². The van der Waals surface area contributed by atoms with Crippen LogP contribution in [0.2, 0.25) is 0 Å². The summed E-state index contributed by atoms with van der Waals surface area (Å²) in [6.07, 6.45) is 7.64. The average molecular weight is 206 g/mol. The van der Waals surface area contributed by atoms with E-state index in [1.807, 2.05) is 6.92 Å². The number of nitrogens with two attached hydrogens (primary N) is 1. The predicted octanol–water partition coefficient (Wildman–Crippen LogP) is 0.221. The Labute approximate surface area is 88.6 Å². The Morgan fingerprint density at radius 1 is 1.80 bits per heavy atom. The van der Waals surface area contributed by atoms with E-state index in [0.717, 1.165) is 6.42 Å². The van der Waals surface area contributed by atoms with Gasteiger partial charge in [0.05, 0.1) is 12.2 Å². The van der Waals surface area contributed by atoms with Crippen molar-refractivity contribution in [2.75, 3.05) is 0 Å². The molecule has 1 heterocycles. The lowest BCUT2D eigenvalue weighted by atomic mass is 10.1. The molecule has 0 radical (unpaired) electrons. The van der Waals surface area contributed by atoms with Crippen LogP contribution >= 0.6 is 0 Å². The molecular formula is C10H14N4O. The van der Waals surface area contributed by atoms with Crippen LogP contribution in [0.3, 0.4) is 0 Å². The molecule has 0 aromatic carbocycles. The highest BCUT2D eigenvalue weighted by Gasteiger charge is 2.19. The maximum absolute atomic E-state index is 11.8. The molecule has 1 rings (SSSR count). The van der Waals surface area contributed by atoms with Crippen molar-refractivity contribution in [3.05, 3.63) is 11.9 Å². The van der Waals surface area contributed by atoms with Crippen molar-refractivity contribution in [2.24, 2.45) is 5.73 Å². The smallest absolute Gasteiger partial charge is 0.200 e. The molecule has 0 amide bonds. The molecule has 2 N–H and O–H groups in total. The summed E-state index contributed by atoms with van der Waals surface area (Å²) in [5.41, 5.74) is 6.05. The van der Waals surface area contributed by atoms with Gasteiger partial charge in [-0.2, -0.15) is 0 Å². The number of aromatic nitrogens is 3. The van der Waals surface area contributed by atoms with Crippen LogP contribution in [0.1, 0.15) is 30.3 Å². The van der Waals surface area contributed by atoms with E-state index in [0.29, 0.717) is 12.2 Å². The molecule has 1 unspecified atom stereocenters. The number of nitrogens with zero attached hydrogens (tertiary/aromatic N) is 3. The van der Waals surface area contributed by atoms with E-state index in [-0.39, 0.29) is 12.2 Å². The summed E-state index contributed by atoms with van der Waals surface area (Å²) in [6.45, 7) is 2.65. The van der Waals surface area contributed by atoms with Crippen LogP contribution in [0, 0.1) is 12.3 Å². The van der Waals surface area contributed by atoms with E-state index in [2.05, 4.69) is 16.2 Å². The van der Waals surface area contributed by atoms with E-state index in [1.54, 1.807) is 4.68 Å². The van der Waals surface area contributed by atoms with E-state index in [4.69, 9.17) is 12.2 Å². The van der Waals surface area contributed by atoms with Crippen molar-refractivity contribution in [1.82, 2.24) is 15.0 Å². The summed E-state index contributed by atoms with van der Waals surface area (Å²) in [6, 6.07) is -0.663. The fourth-order valence-corrected chi connectivity index (χ4v) is 1.24. The van der Waals surface area contributed by atoms with Gasteiger partial charge < -0.3 is 5.73 Å². The summed E-state index contributed by atoms with van der Waals surface area (Å²) in [4.78, 5) is 11.8. The first-order chi connectivity index (χ1) is 7.20. The first-order valence-electron chi connectivity index (χ1n) is 4.82. The molecule has 5 nitrogen and oxygen atoms in total. The monoisotopic (exact) mass is 206 g/mol. The van der Waals surface area contributed by atoms with Gasteiger partial charge >= 0.3 is 0 Å². The number of Topliss-reactive ketones (excluding diaryl/α,β-unsaturated/α-hetero) is 1. The lowest BCUT2D eigenvalue weighted by Crippen LogP contribution is -2.31. The number of hydrogen-bond acceptors (Lipinski definition) is 4. The Morgan fingerprint density at radius 2 is 2.53 bits per heavy atom. The van der Waals surface area contributed by atoms with Crippen LogP contribution in [0.5, 0.6) is 0 Å². The number of aryl methyl sites for hydroxylation is 1. The average Bonchev–Trinajstić information content (AvgIpc) is 2.66. The highest BCUT2D eigenvalue weighted by Crippen LogP contribution is 2.03. The Hall–Kier alpha value is -1.67.